The number of rotatable bonds is 3. The molecule has 3 heterocycles. The SMILES string of the molecule is O=C(O)c1cnc(Br)s1.O=C(O)c1cnc(N2CCCC2)s1. The number of halogens is 1. The molecular formula is C12H12BrN3O4S2. The van der Waals surface area contributed by atoms with E-state index >= 15 is 0 Å². The fraction of sp³-hybridized carbons (Fsp3) is 0.333. The van der Waals surface area contributed by atoms with E-state index in [0.29, 0.717) is 8.79 Å². The van der Waals surface area contributed by atoms with Gasteiger partial charge in [-0.2, -0.15) is 0 Å². The van der Waals surface area contributed by atoms with Crippen LogP contribution in [0.2, 0.25) is 0 Å². The molecule has 0 aliphatic carbocycles. The van der Waals surface area contributed by atoms with E-state index < -0.39 is 11.9 Å². The Balaban J connectivity index is 0.000000172. The molecule has 0 unspecified atom stereocenters. The molecule has 10 heteroatoms. The van der Waals surface area contributed by atoms with Gasteiger partial charge in [-0.25, -0.2) is 19.6 Å². The molecule has 7 nitrogen and oxygen atoms in total. The van der Waals surface area contributed by atoms with Crippen LogP contribution in [-0.2, 0) is 0 Å². The van der Waals surface area contributed by atoms with Crippen molar-refractivity contribution in [3.05, 3.63) is 26.1 Å². The van der Waals surface area contributed by atoms with E-state index in [4.69, 9.17) is 10.2 Å². The Morgan fingerprint density at radius 1 is 1.05 bits per heavy atom. The number of nitrogens with zero attached hydrogens (tertiary/aromatic N) is 3. The molecule has 0 aromatic carbocycles. The second kappa shape index (κ2) is 7.65. The Morgan fingerprint density at radius 2 is 1.59 bits per heavy atom. The van der Waals surface area contributed by atoms with Crippen LogP contribution in [0, 0.1) is 0 Å². The maximum absolute atomic E-state index is 10.6. The molecule has 1 aliphatic rings. The van der Waals surface area contributed by atoms with E-state index in [1.165, 1.54) is 36.6 Å². The van der Waals surface area contributed by atoms with Crippen LogP contribution in [0.4, 0.5) is 5.13 Å². The summed E-state index contributed by atoms with van der Waals surface area (Å²) in [5, 5.41) is 17.9. The molecule has 0 radical (unpaired) electrons. The molecule has 1 fully saturated rings. The molecular weight excluding hydrogens is 394 g/mol. The highest BCUT2D eigenvalue weighted by Gasteiger charge is 2.17. The molecule has 2 aromatic heterocycles. The Hall–Kier alpha value is -1.52. The minimum absolute atomic E-state index is 0.252. The number of carbonyl (C=O) groups is 2. The van der Waals surface area contributed by atoms with Crippen LogP contribution >= 0.6 is 38.6 Å². The zero-order valence-electron chi connectivity index (χ0n) is 11.2. The summed E-state index contributed by atoms with van der Waals surface area (Å²) in [6.45, 7) is 2.01. The topological polar surface area (TPSA) is 104 Å². The van der Waals surface area contributed by atoms with Crippen molar-refractivity contribution in [2.45, 2.75) is 12.8 Å². The lowest BCUT2D eigenvalue weighted by atomic mass is 10.4. The lowest BCUT2D eigenvalue weighted by Gasteiger charge is -2.11. The quantitative estimate of drug-likeness (QED) is 0.808. The highest BCUT2D eigenvalue weighted by molar-refractivity contribution is 9.11. The molecule has 22 heavy (non-hydrogen) atoms. The third-order valence-electron chi connectivity index (χ3n) is 2.77. The van der Waals surface area contributed by atoms with Crippen LogP contribution < -0.4 is 4.90 Å². The van der Waals surface area contributed by atoms with Crippen molar-refractivity contribution in [1.82, 2.24) is 9.97 Å². The van der Waals surface area contributed by atoms with Crippen molar-refractivity contribution in [1.29, 1.82) is 0 Å². The fourth-order valence-electron chi connectivity index (χ4n) is 1.77. The maximum atomic E-state index is 10.6. The number of aromatic carboxylic acids is 2. The lowest BCUT2D eigenvalue weighted by Crippen LogP contribution is -2.16. The molecule has 0 bridgehead atoms. The number of anilines is 1. The van der Waals surface area contributed by atoms with E-state index in [1.54, 1.807) is 0 Å². The Morgan fingerprint density at radius 3 is 2.00 bits per heavy atom. The van der Waals surface area contributed by atoms with E-state index in [2.05, 4.69) is 30.8 Å². The molecule has 2 N–H and O–H groups in total. The van der Waals surface area contributed by atoms with Crippen molar-refractivity contribution in [2.24, 2.45) is 0 Å². The zero-order valence-corrected chi connectivity index (χ0v) is 14.4. The summed E-state index contributed by atoms with van der Waals surface area (Å²) in [4.78, 5) is 31.2. The first kappa shape index (κ1) is 16.8. The van der Waals surface area contributed by atoms with Gasteiger partial charge in [-0.05, 0) is 28.8 Å². The number of carboxylic acid groups (broad SMARTS) is 2. The molecule has 118 valence electrons. The summed E-state index contributed by atoms with van der Waals surface area (Å²) in [6.07, 6.45) is 5.11. The largest absolute Gasteiger partial charge is 0.477 e. The van der Waals surface area contributed by atoms with Gasteiger partial charge in [-0.1, -0.05) is 11.3 Å². The summed E-state index contributed by atoms with van der Waals surface area (Å²) in [7, 11) is 0. The van der Waals surface area contributed by atoms with Gasteiger partial charge in [-0.15, -0.1) is 11.3 Å². The van der Waals surface area contributed by atoms with Gasteiger partial charge in [0.15, 0.2) is 9.05 Å². The highest BCUT2D eigenvalue weighted by Crippen LogP contribution is 2.25. The number of thiazole rings is 2. The third-order valence-corrected chi connectivity index (χ3v) is 5.28. The maximum Gasteiger partial charge on any atom is 0.347 e. The standard InChI is InChI=1S/C8H10N2O2S.C4H2BrNO2S/c11-7(12)6-5-9-8(13-6)10-3-1-2-4-10;5-4-6-1-2(9-4)3(7)8/h5H,1-4H2,(H,11,12);1H,(H,7,8). The first-order valence-electron chi connectivity index (χ1n) is 6.26. The van der Waals surface area contributed by atoms with E-state index in [9.17, 15) is 9.59 Å². The Labute approximate surface area is 142 Å². The van der Waals surface area contributed by atoms with Crippen LogP contribution in [0.3, 0.4) is 0 Å². The average Bonchev–Trinajstić information content (AvgIpc) is 3.20. The Bertz CT molecular complexity index is 667. The second-order valence-corrected chi connectivity index (χ2v) is 7.60. The number of hydrogen-bond donors (Lipinski definition) is 2. The molecule has 1 aliphatic heterocycles. The summed E-state index contributed by atoms with van der Waals surface area (Å²) >= 11 is 5.40. The monoisotopic (exact) mass is 405 g/mol. The molecule has 0 atom stereocenters. The molecule has 0 amide bonds. The zero-order chi connectivity index (χ0) is 16.1. The molecule has 0 saturated carbocycles. The summed E-state index contributed by atoms with van der Waals surface area (Å²) in [6, 6.07) is 0. The Kier molecular flexibility index (Phi) is 5.86. The second-order valence-electron chi connectivity index (χ2n) is 4.29. The van der Waals surface area contributed by atoms with Crippen molar-refractivity contribution < 1.29 is 19.8 Å². The molecule has 0 spiro atoms. The van der Waals surface area contributed by atoms with Crippen molar-refractivity contribution in [3.8, 4) is 0 Å². The van der Waals surface area contributed by atoms with Gasteiger partial charge < -0.3 is 15.1 Å². The van der Waals surface area contributed by atoms with Crippen LogP contribution in [0.25, 0.3) is 0 Å². The number of hydrogen-bond acceptors (Lipinski definition) is 7. The van der Waals surface area contributed by atoms with Crippen molar-refractivity contribution in [2.75, 3.05) is 18.0 Å². The van der Waals surface area contributed by atoms with E-state index in [0.717, 1.165) is 29.6 Å². The first-order valence-corrected chi connectivity index (χ1v) is 8.68. The van der Waals surface area contributed by atoms with Crippen molar-refractivity contribution >= 4 is 55.7 Å². The minimum Gasteiger partial charge on any atom is -0.477 e. The van der Waals surface area contributed by atoms with Crippen LogP contribution in [-0.4, -0.2) is 45.2 Å². The predicted molar refractivity (Wildman–Crippen MR) is 87.3 cm³/mol. The van der Waals surface area contributed by atoms with Crippen LogP contribution in [0.1, 0.15) is 32.2 Å². The normalized spacial score (nSPS) is 13.6. The van der Waals surface area contributed by atoms with Gasteiger partial charge >= 0.3 is 11.9 Å². The van der Waals surface area contributed by atoms with Crippen molar-refractivity contribution in [3.63, 3.8) is 0 Å². The molecule has 2 aromatic rings. The van der Waals surface area contributed by atoms with Crippen LogP contribution in [0.5, 0.6) is 0 Å². The number of carboxylic acids is 2. The summed E-state index contributed by atoms with van der Waals surface area (Å²) in [5.74, 6) is -1.82. The molecule has 3 rings (SSSR count). The van der Waals surface area contributed by atoms with Gasteiger partial charge in [0.25, 0.3) is 0 Å². The van der Waals surface area contributed by atoms with Gasteiger partial charge in [0, 0.05) is 13.1 Å². The lowest BCUT2D eigenvalue weighted by molar-refractivity contribution is 0.0691. The summed E-state index contributed by atoms with van der Waals surface area (Å²) in [5.41, 5.74) is 0. The number of aromatic nitrogens is 2. The van der Waals surface area contributed by atoms with E-state index in [-0.39, 0.29) is 4.88 Å². The third kappa shape index (κ3) is 4.49. The molecule has 1 saturated heterocycles. The van der Waals surface area contributed by atoms with Gasteiger partial charge in [-0.3, -0.25) is 0 Å². The predicted octanol–water partition coefficient (Wildman–Crippen LogP) is 3.05. The van der Waals surface area contributed by atoms with Gasteiger partial charge in [0.1, 0.15) is 9.75 Å². The van der Waals surface area contributed by atoms with Crippen LogP contribution in [0.15, 0.2) is 16.3 Å². The van der Waals surface area contributed by atoms with E-state index in [1.807, 2.05) is 0 Å². The fourth-order valence-corrected chi connectivity index (χ4v) is 3.68. The van der Waals surface area contributed by atoms with Gasteiger partial charge in [0.2, 0.25) is 0 Å². The summed E-state index contributed by atoms with van der Waals surface area (Å²) < 4.78 is 0.597. The average molecular weight is 406 g/mol. The minimum atomic E-state index is -0.932. The smallest absolute Gasteiger partial charge is 0.347 e. The first-order chi connectivity index (χ1) is 10.5. The highest BCUT2D eigenvalue weighted by atomic mass is 79.9. The van der Waals surface area contributed by atoms with Gasteiger partial charge in [0.05, 0.1) is 12.4 Å².